The molecular formula is C55H42N4O. The van der Waals surface area contributed by atoms with Crippen LogP contribution in [0, 0.1) is 23.7 Å². The minimum atomic E-state index is -0.00291. The maximum atomic E-state index is 6.41. The van der Waals surface area contributed by atoms with Crippen LogP contribution in [0.4, 0.5) is 17.1 Å². The van der Waals surface area contributed by atoms with Crippen LogP contribution in [0.3, 0.4) is 0 Å². The van der Waals surface area contributed by atoms with E-state index >= 15 is 0 Å². The number of hydrogen-bond acceptors (Lipinski definition) is 5. The Balaban J connectivity index is 0.971. The van der Waals surface area contributed by atoms with E-state index in [9.17, 15) is 0 Å². The fraction of sp³-hybridized carbons (Fsp3) is 0.182. The molecular weight excluding hydrogens is 733 g/mol. The van der Waals surface area contributed by atoms with Gasteiger partial charge < -0.3 is 9.32 Å². The molecule has 1 spiro atoms. The fourth-order valence-corrected chi connectivity index (χ4v) is 12.3. The molecule has 4 bridgehead atoms. The second kappa shape index (κ2) is 13.1. The van der Waals surface area contributed by atoms with Crippen LogP contribution in [0.1, 0.15) is 43.2 Å². The van der Waals surface area contributed by atoms with Gasteiger partial charge >= 0.3 is 0 Å². The van der Waals surface area contributed by atoms with Gasteiger partial charge in [-0.25, -0.2) is 15.0 Å². The van der Waals surface area contributed by atoms with Crippen molar-refractivity contribution in [3.8, 4) is 45.3 Å². The third kappa shape index (κ3) is 5.02. The third-order valence-electron chi connectivity index (χ3n) is 14.5. The minimum Gasteiger partial charge on any atom is -0.455 e. The largest absolute Gasteiger partial charge is 0.455 e. The van der Waals surface area contributed by atoms with Gasteiger partial charge in [0.2, 0.25) is 0 Å². The van der Waals surface area contributed by atoms with Crippen LogP contribution in [-0.2, 0) is 5.41 Å². The van der Waals surface area contributed by atoms with Gasteiger partial charge in [0.15, 0.2) is 17.5 Å². The van der Waals surface area contributed by atoms with Gasteiger partial charge in [-0.15, -0.1) is 0 Å². The molecule has 2 aromatic heterocycles. The Morgan fingerprint density at radius 3 is 1.77 bits per heavy atom. The molecule has 5 nitrogen and oxygen atoms in total. The summed E-state index contributed by atoms with van der Waals surface area (Å²) in [5, 5.41) is 2.25. The lowest BCUT2D eigenvalue weighted by Gasteiger charge is -2.64. The van der Waals surface area contributed by atoms with Crippen LogP contribution in [0.25, 0.3) is 67.2 Å². The van der Waals surface area contributed by atoms with Crippen molar-refractivity contribution >= 4 is 39.0 Å². The maximum absolute atomic E-state index is 6.41. The first kappa shape index (κ1) is 34.1. The first-order valence-corrected chi connectivity index (χ1v) is 21.6. The van der Waals surface area contributed by atoms with Gasteiger partial charge in [-0.2, -0.15) is 0 Å². The molecule has 14 rings (SSSR count). The number of anilines is 3. The van der Waals surface area contributed by atoms with E-state index in [4.69, 9.17) is 19.4 Å². The summed E-state index contributed by atoms with van der Waals surface area (Å²) in [5.41, 5.74) is 13.5. The highest BCUT2D eigenvalue weighted by atomic mass is 16.3. The molecule has 0 amide bonds. The highest BCUT2D eigenvalue weighted by Crippen LogP contribution is 2.69. The summed E-state index contributed by atoms with van der Waals surface area (Å²) in [6.07, 6.45) is 6.75. The quantitative estimate of drug-likeness (QED) is 0.174. The van der Waals surface area contributed by atoms with E-state index in [0.29, 0.717) is 29.3 Å². The van der Waals surface area contributed by atoms with E-state index in [-0.39, 0.29) is 5.41 Å². The van der Waals surface area contributed by atoms with E-state index in [1.54, 1.807) is 0 Å². The molecule has 4 aliphatic carbocycles. The van der Waals surface area contributed by atoms with Crippen LogP contribution >= 0.6 is 0 Å². The van der Waals surface area contributed by atoms with Crippen LogP contribution in [0.15, 0.2) is 174 Å². The zero-order chi connectivity index (χ0) is 39.4. The second-order valence-corrected chi connectivity index (χ2v) is 17.6. The van der Waals surface area contributed by atoms with Crippen LogP contribution in [-0.4, -0.2) is 15.0 Å². The summed E-state index contributed by atoms with van der Waals surface area (Å²) >= 11 is 0. The SMILES string of the molecule is c1ccc(-c2nc(-c3ccc(-c4cccc5c4oc4ccccc45)cc3)nc(-c3ccc4c(c3)N(c3ccccc3)c3ccccc3C43C4CC5CC(C4)CC3C5)n2)cc1. The molecule has 0 saturated heterocycles. The van der Waals surface area contributed by atoms with Crippen LogP contribution < -0.4 is 4.90 Å². The van der Waals surface area contributed by atoms with Crippen molar-refractivity contribution in [2.24, 2.45) is 23.7 Å². The molecule has 288 valence electrons. The Labute approximate surface area is 349 Å². The summed E-state index contributed by atoms with van der Waals surface area (Å²) in [4.78, 5) is 18.2. The fourth-order valence-electron chi connectivity index (χ4n) is 12.3. The van der Waals surface area contributed by atoms with E-state index < -0.39 is 0 Å². The number of furan rings is 1. The van der Waals surface area contributed by atoms with Crippen LogP contribution in [0.5, 0.6) is 0 Å². The third-order valence-corrected chi connectivity index (χ3v) is 14.5. The van der Waals surface area contributed by atoms with E-state index in [0.717, 1.165) is 61.6 Å². The summed E-state index contributed by atoms with van der Waals surface area (Å²) in [6, 6.07) is 60.8. The zero-order valence-electron chi connectivity index (χ0n) is 33.2. The van der Waals surface area contributed by atoms with Crippen molar-refractivity contribution in [3.63, 3.8) is 0 Å². The monoisotopic (exact) mass is 774 g/mol. The molecule has 4 saturated carbocycles. The number of rotatable bonds is 5. The molecule has 0 unspecified atom stereocenters. The average molecular weight is 775 g/mol. The normalized spacial score (nSPS) is 22.4. The lowest BCUT2D eigenvalue weighted by atomic mass is 9.41. The Bertz CT molecular complexity index is 3090. The van der Waals surface area contributed by atoms with Crippen molar-refractivity contribution in [2.45, 2.75) is 37.5 Å². The summed E-state index contributed by atoms with van der Waals surface area (Å²) < 4.78 is 6.41. The molecule has 3 heterocycles. The number of fused-ring (bicyclic) bond motifs is 5. The topological polar surface area (TPSA) is 55.1 Å². The lowest BCUT2D eigenvalue weighted by molar-refractivity contribution is -0.0419. The van der Waals surface area contributed by atoms with Gasteiger partial charge in [-0.3, -0.25) is 0 Å². The average Bonchev–Trinajstić information content (AvgIpc) is 3.69. The summed E-state index contributed by atoms with van der Waals surface area (Å²) in [6.45, 7) is 0. The maximum Gasteiger partial charge on any atom is 0.164 e. The van der Waals surface area contributed by atoms with Gasteiger partial charge in [-0.05, 0) is 103 Å². The van der Waals surface area contributed by atoms with Crippen LogP contribution in [0.2, 0.25) is 0 Å². The number of nitrogens with zero attached hydrogens (tertiary/aromatic N) is 4. The predicted octanol–water partition coefficient (Wildman–Crippen LogP) is 14.0. The number of benzene rings is 7. The zero-order valence-corrected chi connectivity index (χ0v) is 33.2. The number of aromatic nitrogens is 3. The van der Waals surface area contributed by atoms with Crippen molar-refractivity contribution in [1.29, 1.82) is 0 Å². The molecule has 0 atom stereocenters. The Morgan fingerprint density at radius 2 is 1.02 bits per heavy atom. The van der Waals surface area contributed by atoms with Crippen molar-refractivity contribution in [3.05, 3.63) is 181 Å². The molecule has 7 aromatic carbocycles. The Hall–Kier alpha value is -6.85. The molecule has 9 aromatic rings. The van der Waals surface area contributed by atoms with E-state index in [1.165, 1.54) is 60.3 Å². The van der Waals surface area contributed by atoms with Gasteiger partial charge in [0.25, 0.3) is 0 Å². The molecule has 60 heavy (non-hydrogen) atoms. The second-order valence-electron chi connectivity index (χ2n) is 17.6. The van der Waals surface area contributed by atoms with Crippen molar-refractivity contribution < 1.29 is 4.42 Å². The molecule has 4 fully saturated rings. The van der Waals surface area contributed by atoms with Crippen molar-refractivity contribution in [1.82, 2.24) is 15.0 Å². The molecule has 0 radical (unpaired) electrons. The van der Waals surface area contributed by atoms with Crippen molar-refractivity contribution in [2.75, 3.05) is 4.90 Å². The Kier molecular flexibility index (Phi) is 7.42. The highest BCUT2D eigenvalue weighted by Gasteiger charge is 2.61. The first-order chi connectivity index (χ1) is 29.7. The predicted molar refractivity (Wildman–Crippen MR) is 241 cm³/mol. The Morgan fingerprint density at radius 1 is 0.450 bits per heavy atom. The molecule has 0 N–H and O–H groups in total. The summed E-state index contributed by atoms with van der Waals surface area (Å²) in [7, 11) is 0. The van der Waals surface area contributed by atoms with Gasteiger partial charge in [0.05, 0.1) is 11.4 Å². The molecule has 1 aliphatic heterocycles. The molecule has 5 aliphatic rings. The van der Waals surface area contributed by atoms with E-state index in [1.807, 2.05) is 30.3 Å². The smallest absolute Gasteiger partial charge is 0.164 e. The number of hydrogen-bond donors (Lipinski definition) is 0. The summed E-state index contributed by atoms with van der Waals surface area (Å²) in [5.74, 6) is 5.01. The minimum absolute atomic E-state index is 0.00291. The lowest BCUT2D eigenvalue weighted by Crippen LogP contribution is -2.57. The molecule has 5 heteroatoms. The highest BCUT2D eigenvalue weighted by molar-refractivity contribution is 6.09. The standard InChI is InChI=1S/C55H42N4O/c1-3-12-37(13-4-1)52-56-53(38-24-22-36(23-25-38)43-17-11-18-45-44-16-7-10-21-50(44)60-51(43)45)58-54(57-52)39-26-27-47-49(33-39)59(42-14-5-2-6-15-42)48-20-9-8-19-46(48)55(47)40-29-34-28-35(31-40)32-41(55)30-34/h1-27,33-35,40-41H,28-32H2. The first-order valence-electron chi connectivity index (χ1n) is 21.6. The van der Waals surface area contributed by atoms with E-state index in [2.05, 4.69) is 144 Å². The van der Waals surface area contributed by atoms with Gasteiger partial charge in [0, 0.05) is 44.1 Å². The van der Waals surface area contributed by atoms with Gasteiger partial charge in [-0.1, -0.05) is 140 Å². The number of para-hydroxylation sites is 4. The van der Waals surface area contributed by atoms with Gasteiger partial charge in [0.1, 0.15) is 11.2 Å².